The highest BCUT2D eigenvalue weighted by atomic mass is 32.1. The Balaban J connectivity index is 1.70. The van der Waals surface area contributed by atoms with Gasteiger partial charge >= 0.3 is 0 Å². The number of carbonyl (C=O) groups excluding carboxylic acids is 1. The average molecular weight is 454 g/mol. The summed E-state index contributed by atoms with van der Waals surface area (Å²) in [6.07, 6.45) is 1.42. The van der Waals surface area contributed by atoms with Crippen molar-refractivity contribution >= 4 is 27.3 Å². The molecule has 0 aliphatic carbocycles. The first-order valence-electron chi connectivity index (χ1n) is 10.2. The number of rotatable bonds is 7. The molecule has 0 N–H and O–H groups in total. The van der Waals surface area contributed by atoms with Crippen LogP contribution in [0.15, 0.2) is 46.8 Å². The Hall–Kier alpha value is -3.10. The third-order valence-electron chi connectivity index (χ3n) is 5.66. The second-order valence-corrected chi connectivity index (χ2v) is 8.75. The van der Waals surface area contributed by atoms with Crippen molar-refractivity contribution in [3.8, 4) is 11.1 Å². The molecule has 4 rings (SSSR count). The maximum atomic E-state index is 13.3. The number of nitrogens with zero attached hydrogens (tertiary/aromatic N) is 3. The smallest absolute Gasteiger partial charge is 0.263 e. The first kappa shape index (κ1) is 22.1. The van der Waals surface area contributed by atoms with E-state index in [0.717, 1.165) is 17.0 Å². The molecular weight excluding hydrogens is 429 g/mol. The summed E-state index contributed by atoms with van der Waals surface area (Å²) < 4.78 is 22.0. The predicted molar refractivity (Wildman–Crippen MR) is 124 cm³/mol. The second-order valence-electron chi connectivity index (χ2n) is 7.90. The maximum absolute atomic E-state index is 13.3. The second kappa shape index (κ2) is 8.80. The molecule has 0 radical (unpaired) electrons. The number of benzene rings is 1. The maximum Gasteiger partial charge on any atom is 0.263 e. The van der Waals surface area contributed by atoms with E-state index in [4.69, 9.17) is 4.74 Å². The summed E-state index contributed by atoms with van der Waals surface area (Å²) in [6, 6.07) is 7.93. The van der Waals surface area contributed by atoms with Gasteiger partial charge in [0, 0.05) is 35.0 Å². The predicted octanol–water partition coefficient (Wildman–Crippen LogP) is 4.77. The van der Waals surface area contributed by atoms with Gasteiger partial charge in [0.25, 0.3) is 5.56 Å². The minimum atomic E-state index is -0.341. The number of hydrogen-bond acceptors (Lipinski definition) is 5. The Labute approximate surface area is 188 Å². The number of fused-ring (bicyclic) bond motifs is 1. The normalized spacial score (nSPS) is 12.4. The molecule has 3 aromatic heterocycles. The van der Waals surface area contributed by atoms with Gasteiger partial charge in [0.2, 0.25) is 0 Å². The fraction of sp³-hybridized carbons (Fsp3) is 0.292. The van der Waals surface area contributed by atoms with Crippen LogP contribution in [0.4, 0.5) is 4.39 Å². The molecule has 8 heteroatoms. The number of aromatic nitrogens is 3. The molecule has 6 nitrogen and oxygen atoms in total. The van der Waals surface area contributed by atoms with Crippen LogP contribution in [0.1, 0.15) is 34.7 Å². The number of halogens is 1. The number of carbonyl (C=O) groups is 1. The van der Waals surface area contributed by atoms with Gasteiger partial charge in [-0.1, -0.05) is 12.1 Å². The molecular formula is C24H24FN3O3S. The molecule has 0 bridgehead atoms. The summed E-state index contributed by atoms with van der Waals surface area (Å²) in [5.41, 5.74) is 3.54. The fourth-order valence-electron chi connectivity index (χ4n) is 4.22. The molecule has 0 unspecified atom stereocenters. The Bertz CT molecular complexity index is 1350. The van der Waals surface area contributed by atoms with Crippen molar-refractivity contribution < 1.29 is 13.9 Å². The molecule has 166 valence electrons. The fourth-order valence-corrected chi connectivity index (χ4v) is 5.12. The number of hydrogen-bond donors (Lipinski definition) is 0. The molecule has 0 aliphatic rings. The summed E-state index contributed by atoms with van der Waals surface area (Å²) in [6.45, 7) is 6.32. The third kappa shape index (κ3) is 3.91. The van der Waals surface area contributed by atoms with E-state index in [9.17, 15) is 14.0 Å². The number of ketones is 1. The minimum absolute atomic E-state index is 0.0892. The summed E-state index contributed by atoms with van der Waals surface area (Å²) in [7, 11) is 1.65. The van der Waals surface area contributed by atoms with Crippen LogP contribution in [0, 0.1) is 19.7 Å². The van der Waals surface area contributed by atoms with Crippen LogP contribution in [0.5, 0.6) is 0 Å². The standard InChI is InChI=1S/C24H24FN3O3S/c1-14-9-19(16(3)28(14)15(2)11-31-4)21(29)10-27-13-26-23-22(24(27)30)20(12-32-23)17-5-7-18(25)8-6-17/h5-9,12-13,15H,10-11H2,1-4H3/t15-/m1/s1. The van der Waals surface area contributed by atoms with E-state index in [1.165, 1.54) is 34.4 Å². The lowest BCUT2D eigenvalue weighted by Crippen LogP contribution is -2.25. The van der Waals surface area contributed by atoms with Gasteiger partial charge in [-0.15, -0.1) is 11.3 Å². The molecule has 0 spiro atoms. The van der Waals surface area contributed by atoms with Gasteiger partial charge in [0.1, 0.15) is 10.6 Å². The largest absolute Gasteiger partial charge is 0.383 e. The molecule has 0 fully saturated rings. The molecule has 0 saturated heterocycles. The van der Waals surface area contributed by atoms with Crippen molar-refractivity contribution in [3.63, 3.8) is 0 Å². The van der Waals surface area contributed by atoms with Crippen molar-refractivity contribution in [2.75, 3.05) is 13.7 Å². The number of methoxy groups -OCH3 is 1. The first-order chi connectivity index (χ1) is 15.3. The summed E-state index contributed by atoms with van der Waals surface area (Å²) in [5.74, 6) is -0.498. The Morgan fingerprint density at radius 2 is 1.97 bits per heavy atom. The minimum Gasteiger partial charge on any atom is -0.383 e. The highest BCUT2D eigenvalue weighted by Gasteiger charge is 2.20. The Kier molecular flexibility index (Phi) is 6.08. The van der Waals surface area contributed by atoms with E-state index in [1.54, 1.807) is 19.2 Å². The van der Waals surface area contributed by atoms with Gasteiger partial charge in [-0.2, -0.15) is 0 Å². The van der Waals surface area contributed by atoms with E-state index in [-0.39, 0.29) is 29.7 Å². The number of Topliss-reactive ketones (excluding diaryl/α,β-unsaturated/α-hetero) is 1. The van der Waals surface area contributed by atoms with Crippen molar-refractivity contribution in [3.05, 3.63) is 75.2 Å². The van der Waals surface area contributed by atoms with Gasteiger partial charge < -0.3 is 9.30 Å². The molecule has 32 heavy (non-hydrogen) atoms. The Morgan fingerprint density at radius 1 is 1.25 bits per heavy atom. The molecule has 0 amide bonds. The summed E-state index contributed by atoms with van der Waals surface area (Å²) >= 11 is 1.35. The van der Waals surface area contributed by atoms with Crippen LogP contribution in [-0.2, 0) is 11.3 Å². The van der Waals surface area contributed by atoms with E-state index >= 15 is 0 Å². The Morgan fingerprint density at radius 3 is 2.66 bits per heavy atom. The van der Waals surface area contributed by atoms with Gasteiger partial charge in [-0.05, 0) is 44.5 Å². The molecule has 0 saturated carbocycles. The molecule has 1 aromatic carbocycles. The van der Waals surface area contributed by atoms with Crippen LogP contribution >= 0.6 is 11.3 Å². The van der Waals surface area contributed by atoms with Gasteiger partial charge in [-0.25, -0.2) is 9.37 Å². The number of ether oxygens (including phenoxy) is 1. The average Bonchev–Trinajstić information content (AvgIpc) is 3.32. The molecule has 0 aliphatic heterocycles. The quantitative estimate of drug-likeness (QED) is 0.378. The summed E-state index contributed by atoms with van der Waals surface area (Å²) in [4.78, 5) is 31.3. The van der Waals surface area contributed by atoms with Crippen LogP contribution < -0.4 is 5.56 Å². The van der Waals surface area contributed by atoms with Crippen LogP contribution in [-0.4, -0.2) is 33.6 Å². The van der Waals surface area contributed by atoms with E-state index in [1.807, 2.05) is 32.2 Å². The lowest BCUT2D eigenvalue weighted by atomic mass is 10.1. The molecule has 3 heterocycles. The van der Waals surface area contributed by atoms with E-state index in [0.29, 0.717) is 28.0 Å². The SMILES string of the molecule is COC[C@@H](C)n1c(C)cc(C(=O)Cn2cnc3scc(-c4ccc(F)cc4)c3c2=O)c1C. The lowest BCUT2D eigenvalue weighted by molar-refractivity contribution is 0.0969. The summed E-state index contributed by atoms with van der Waals surface area (Å²) in [5, 5.41) is 2.28. The van der Waals surface area contributed by atoms with Gasteiger partial charge in [0.15, 0.2) is 5.78 Å². The van der Waals surface area contributed by atoms with Crippen molar-refractivity contribution in [1.29, 1.82) is 0 Å². The van der Waals surface area contributed by atoms with E-state index < -0.39 is 0 Å². The molecule has 1 atom stereocenters. The van der Waals surface area contributed by atoms with Crippen molar-refractivity contribution in [2.45, 2.75) is 33.4 Å². The van der Waals surface area contributed by atoms with Crippen LogP contribution in [0.25, 0.3) is 21.3 Å². The van der Waals surface area contributed by atoms with Crippen LogP contribution in [0.2, 0.25) is 0 Å². The monoisotopic (exact) mass is 453 g/mol. The molecule has 4 aromatic rings. The van der Waals surface area contributed by atoms with Crippen molar-refractivity contribution in [1.82, 2.24) is 14.1 Å². The zero-order valence-corrected chi connectivity index (χ0v) is 19.2. The highest BCUT2D eigenvalue weighted by molar-refractivity contribution is 7.17. The first-order valence-corrected chi connectivity index (χ1v) is 11.1. The van der Waals surface area contributed by atoms with E-state index in [2.05, 4.69) is 9.55 Å². The highest BCUT2D eigenvalue weighted by Crippen LogP contribution is 2.30. The van der Waals surface area contributed by atoms with Crippen molar-refractivity contribution in [2.24, 2.45) is 0 Å². The topological polar surface area (TPSA) is 66.1 Å². The zero-order chi connectivity index (χ0) is 23.0. The number of thiophene rings is 1. The number of aryl methyl sites for hydroxylation is 1. The van der Waals surface area contributed by atoms with Crippen LogP contribution in [0.3, 0.4) is 0 Å². The van der Waals surface area contributed by atoms with Gasteiger partial charge in [-0.3, -0.25) is 14.2 Å². The van der Waals surface area contributed by atoms with Gasteiger partial charge in [0.05, 0.1) is 30.9 Å². The third-order valence-corrected chi connectivity index (χ3v) is 6.55. The lowest BCUT2D eigenvalue weighted by Gasteiger charge is -2.17. The zero-order valence-electron chi connectivity index (χ0n) is 18.4.